The van der Waals surface area contributed by atoms with Gasteiger partial charge in [-0.2, -0.15) is 5.10 Å². The molecule has 1 aromatic rings. The monoisotopic (exact) mass is 226 g/mol. The number of carboxylic acids is 1. The molecule has 0 fully saturated rings. The Hall–Kier alpha value is -1.36. The summed E-state index contributed by atoms with van der Waals surface area (Å²) < 4.78 is 6.88. The zero-order valence-electron chi connectivity index (χ0n) is 9.72. The third kappa shape index (κ3) is 3.66. The van der Waals surface area contributed by atoms with Crippen molar-refractivity contribution < 1.29 is 14.6 Å². The topological polar surface area (TPSA) is 64.3 Å². The van der Waals surface area contributed by atoms with Crippen LogP contribution in [0.5, 0.6) is 0 Å². The highest BCUT2D eigenvalue weighted by Crippen LogP contribution is 2.14. The highest BCUT2D eigenvalue weighted by molar-refractivity contribution is 5.67. The van der Waals surface area contributed by atoms with Gasteiger partial charge in [0.25, 0.3) is 0 Å². The lowest BCUT2D eigenvalue weighted by Gasteiger charge is -2.12. The van der Waals surface area contributed by atoms with Gasteiger partial charge >= 0.3 is 5.97 Å². The van der Waals surface area contributed by atoms with Gasteiger partial charge in [-0.3, -0.25) is 4.68 Å². The van der Waals surface area contributed by atoms with Gasteiger partial charge in [0, 0.05) is 6.20 Å². The summed E-state index contributed by atoms with van der Waals surface area (Å²) in [5, 5.41) is 12.8. The van der Waals surface area contributed by atoms with Gasteiger partial charge in [-0.25, -0.2) is 4.79 Å². The number of ether oxygens (including phenoxy) is 1. The second-order valence-corrected chi connectivity index (χ2v) is 3.64. The number of hydrogen-bond donors (Lipinski definition) is 1. The molecule has 0 aromatic carbocycles. The third-order valence-corrected chi connectivity index (χ3v) is 2.46. The largest absolute Gasteiger partial charge is 0.480 e. The molecule has 0 bridgehead atoms. The van der Waals surface area contributed by atoms with E-state index in [4.69, 9.17) is 9.84 Å². The van der Waals surface area contributed by atoms with Gasteiger partial charge < -0.3 is 9.84 Å². The molecule has 16 heavy (non-hydrogen) atoms. The molecule has 0 unspecified atom stereocenters. The molecule has 0 saturated carbocycles. The van der Waals surface area contributed by atoms with Crippen molar-refractivity contribution in [1.82, 2.24) is 9.78 Å². The fourth-order valence-corrected chi connectivity index (χ4v) is 1.56. The summed E-state index contributed by atoms with van der Waals surface area (Å²) in [6, 6.07) is 2.27. The van der Waals surface area contributed by atoms with E-state index in [1.54, 1.807) is 0 Å². The van der Waals surface area contributed by atoms with Crippen LogP contribution in [-0.2, 0) is 16.1 Å². The molecule has 0 amide bonds. The lowest BCUT2D eigenvalue weighted by atomic mass is 10.2. The van der Waals surface area contributed by atoms with Crippen LogP contribution < -0.4 is 0 Å². The summed E-state index contributed by atoms with van der Waals surface area (Å²) in [6.07, 6.45) is 3.98. The molecule has 90 valence electrons. The maximum absolute atomic E-state index is 10.2. The lowest BCUT2D eigenvalue weighted by Crippen LogP contribution is -2.09. The molecule has 0 aliphatic heterocycles. The number of aromatic nitrogens is 2. The van der Waals surface area contributed by atoms with E-state index in [-0.39, 0.29) is 13.2 Å². The van der Waals surface area contributed by atoms with E-state index >= 15 is 0 Å². The van der Waals surface area contributed by atoms with Crippen LogP contribution in [0.4, 0.5) is 0 Å². The average molecular weight is 226 g/mol. The molecule has 0 atom stereocenters. The number of rotatable bonds is 7. The van der Waals surface area contributed by atoms with Crippen LogP contribution in [0.25, 0.3) is 0 Å². The molecule has 5 nitrogen and oxygen atoms in total. The Bertz CT molecular complexity index is 332. The zero-order chi connectivity index (χ0) is 12.0. The molecule has 1 rings (SSSR count). The third-order valence-electron chi connectivity index (χ3n) is 2.46. The van der Waals surface area contributed by atoms with Crippen molar-refractivity contribution >= 4 is 5.97 Å². The molecule has 1 aromatic heterocycles. The van der Waals surface area contributed by atoms with E-state index in [1.807, 2.05) is 16.9 Å². The summed E-state index contributed by atoms with van der Waals surface area (Å²) >= 11 is 0. The Labute approximate surface area is 95.0 Å². The van der Waals surface area contributed by atoms with Crippen LogP contribution in [0.15, 0.2) is 12.3 Å². The van der Waals surface area contributed by atoms with Gasteiger partial charge in [-0.1, -0.05) is 13.8 Å². The van der Waals surface area contributed by atoms with Crippen LogP contribution in [0.3, 0.4) is 0 Å². The van der Waals surface area contributed by atoms with E-state index in [9.17, 15) is 4.79 Å². The van der Waals surface area contributed by atoms with Gasteiger partial charge in [-0.15, -0.1) is 0 Å². The minimum atomic E-state index is -0.959. The van der Waals surface area contributed by atoms with Crippen molar-refractivity contribution in [3.05, 3.63) is 18.0 Å². The summed E-state index contributed by atoms with van der Waals surface area (Å²) in [5.41, 5.74) is 0.771. The van der Waals surface area contributed by atoms with Crippen molar-refractivity contribution in [3.8, 4) is 0 Å². The molecule has 0 spiro atoms. The molecule has 1 heterocycles. The van der Waals surface area contributed by atoms with Gasteiger partial charge in [0.15, 0.2) is 0 Å². The first-order valence-corrected chi connectivity index (χ1v) is 5.50. The van der Waals surface area contributed by atoms with Gasteiger partial charge in [0.2, 0.25) is 0 Å². The standard InChI is InChI=1S/C11H18N2O3/c1-3-10(4-2)13-6-5-9(12-13)7-16-8-11(14)15/h5-6,10H,3-4,7-8H2,1-2H3,(H,14,15). The molecular formula is C11H18N2O3. The first kappa shape index (κ1) is 12.7. The predicted molar refractivity (Wildman–Crippen MR) is 59.1 cm³/mol. The first-order valence-electron chi connectivity index (χ1n) is 5.50. The second-order valence-electron chi connectivity index (χ2n) is 3.64. The minimum absolute atomic E-state index is 0.249. The number of nitrogens with zero attached hydrogens (tertiary/aromatic N) is 2. The predicted octanol–water partition coefficient (Wildman–Crippen LogP) is 1.85. The quantitative estimate of drug-likeness (QED) is 0.770. The Balaban J connectivity index is 2.47. The number of carboxylic acid groups (broad SMARTS) is 1. The smallest absolute Gasteiger partial charge is 0.329 e. The highest BCUT2D eigenvalue weighted by atomic mass is 16.5. The summed E-state index contributed by atoms with van der Waals surface area (Å²) in [6.45, 7) is 4.21. The van der Waals surface area contributed by atoms with E-state index in [0.29, 0.717) is 6.04 Å². The van der Waals surface area contributed by atoms with E-state index in [2.05, 4.69) is 18.9 Å². The summed E-state index contributed by atoms with van der Waals surface area (Å²) in [7, 11) is 0. The van der Waals surface area contributed by atoms with Gasteiger partial charge in [-0.05, 0) is 18.9 Å². The van der Waals surface area contributed by atoms with Crippen LogP contribution in [0.1, 0.15) is 38.4 Å². The lowest BCUT2D eigenvalue weighted by molar-refractivity contribution is -0.142. The van der Waals surface area contributed by atoms with E-state index < -0.39 is 5.97 Å². The molecule has 1 N–H and O–H groups in total. The highest BCUT2D eigenvalue weighted by Gasteiger charge is 2.08. The molecule has 0 saturated heterocycles. The number of carbonyl (C=O) groups is 1. The minimum Gasteiger partial charge on any atom is -0.480 e. The Kier molecular flexibility index (Phi) is 4.98. The molecule has 0 aliphatic carbocycles. The molecule has 0 radical (unpaired) electrons. The maximum Gasteiger partial charge on any atom is 0.329 e. The Morgan fingerprint density at radius 3 is 2.81 bits per heavy atom. The fraction of sp³-hybridized carbons (Fsp3) is 0.636. The number of hydrogen-bond acceptors (Lipinski definition) is 3. The average Bonchev–Trinajstić information content (AvgIpc) is 2.68. The molecule has 0 aliphatic rings. The zero-order valence-corrected chi connectivity index (χ0v) is 9.72. The summed E-state index contributed by atoms with van der Waals surface area (Å²) in [5.74, 6) is -0.959. The van der Waals surface area contributed by atoms with Gasteiger partial charge in [0.1, 0.15) is 6.61 Å². The van der Waals surface area contributed by atoms with Crippen LogP contribution in [-0.4, -0.2) is 27.5 Å². The van der Waals surface area contributed by atoms with Crippen molar-refractivity contribution in [2.75, 3.05) is 6.61 Å². The van der Waals surface area contributed by atoms with Crippen LogP contribution in [0.2, 0.25) is 0 Å². The SMILES string of the molecule is CCC(CC)n1ccc(COCC(=O)O)n1. The van der Waals surface area contributed by atoms with Crippen molar-refractivity contribution in [2.24, 2.45) is 0 Å². The normalized spacial score (nSPS) is 10.9. The second kappa shape index (κ2) is 6.27. The van der Waals surface area contributed by atoms with E-state index in [1.165, 1.54) is 0 Å². The molecular weight excluding hydrogens is 208 g/mol. The van der Waals surface area contributed by atoms with Crippen molar-refractivity contribution in [2.45, 2.75) is 39.3 Å². The Morgan fingerprint density at radius 1 is 1.56 bits per heavy atom. The van der Waals surface area contributed by atoms with Crippen molar-refractivity contribution in [1.29, 1.82) is 0 Å². The summed E-state index contributed by atoms with van der Waals surface area (Å²) in [4.78, 5) is 10.2. The number of aliphatic carboxylic acids is 1. The fourth-order valence-electron chi connectivity index (χ4n) is 1.56. The molecule has 5 heteroatoms. The maximum atomic E-state index is 10.2. The van der Waals surface area contributed by atoms with Gasteiger partial charge in [0.05, 0.1) is 18.3 Å². The Morgan fingerprint density at radius 2 is 2.25 bits per heavy atom. The van der Waals surface area contributed by atoms with Crippen LogP contribution >= 0.6 is 0 Å². The first-order chi connectivity index (χ1) is 7.67. The van der Waals surface area contributed by atoms with Crippen LogP contribution in [0, 0.1) is 0 Å². The van der Waals surface area contributed by atoms with Crippen molar-refractivity contribution in [3.63, 3.8) is 0 Å². The van der Waals surface area contributed by atoms with E-state index in [0.717, 1.165) is 18.5 Å².